The van der Waals surface area contributed by atoms with Gasteiger partial charge in [0.05, 0.1) is 13.7 Å². The first-order chi connectivity index (χ1) is 19.6. The molecule has 10 atom stereocenters. The zero-order valence-electron chi connectivity index (χ0n) is 25.5. The summed E-state index contributed by atoms with van der Waals surface area (Å²) in [5.74, 6) is 3.64. The summed E-state index contributed by atoms with van der Waals surface area (Å²) in [6.07, 6.45) is 12.1. The lowest BCUT2D eigenvalue weighted by Gasteiger charge is -2.62. The zero-order chi connectivity index (χ0) is 29.0. The Morgan fingerprint density at radius 1 is 1.05 bits per heavy atom. The Kier molecular flexibility index (Phi) is 8.28. The lowest BCUT2D eigenvalue weighted by molar-refractivity contribution is -0.489. The van der Waals surface area contributed by atoms with Crippen molar-refractivity contribution in [2.24, 2.45) is 46.3 Å². The van der Waals surface area contributed by atoms with Gasteiger partial charge < -0.3 is 9.47 Å². The van der Waals surface area contributed by atoms with Gasteiger partial charge in [-0.2, -0.15) is 0 Å². The van der Waals surface area contributed by atoms with Crippen LogP contribution in [0.2, 0.25) is 0 Å². The van der Waals surface area contributed by atoms with Crippen molar-refractivity contribution < 1.29 is 24.0 Å². The first-order valence-corrected chi connectivity index (χ1v) is 16.9. The Balaban J connectivity index is 1.09. The third-order valence-electron chi connectivity index (χ3n) is 12.9. The SMILES string of the molecule is C=C(c1ccc(Br)cc1)C1COC2(CC[C@@]3(C)[C@H](CC[C@@H]4[C@@H]3CC[C@]3(C)[C@@H]([C@H](C)CCC(=O)OC)CC[C@@H]43)C2)OO1. The maximum absolute atomic E-state index is 11.8. The van der Waals surface area contributed by atoms with Crippen molar-refractivity contribution in [3.8, 4) is 0 Å². The summed E-state index contributed by atoms with van der Waals surface area (Å²) < 4.78 is 12.5. The molecule has 1 spiro atoms. The fraction of sp³-hybridized carbons (Fsp3) is 0.743. The molecule has 6 rings (SSSR count). The summed E-state index contributed by atoms with van der Waals surface area (Å²) in [6.45, 7) is 12.4. The van der Waals surface area contributed by atoms with Gasteiger partial charge in [0.2, 0.25) is 5.79 Å². The molecule has 0 bridgehead atoms. The highest BCUT2D eigenvalue weighted by Gasteiger charge is 2.62. The second kappa shape index (κ2) is 11.4. The van der Waals surface area contributed by atoms with Crippen molar-refractivity contribution >= 4 is 27.5 Å². The summed E-state index contributed by atoms with van der Waals surface area (Å²) in [5.41, 5.74) is 2.69. The van der Waals surface area contributed by atoms with Gasteiger partial charge >= 0.3 is 5.97 Å². The Morgan fingerprint density at radius 3 is 2.51 bits per heavy atom. The van der Waals surface area contributed by atoms with E-state index >= 15 is 0 Å². The Bertz CT molecular complexity index is 1130. The van der Waals surface area contributed by atoms with E-state index in [2.05, 4.69) is 55.4 Å². The minimum Gasteiger partial charge on any atom is -0.469 e. The molecule has 1 aromatic carbocycles. The molecule has 1 saturated heterocycles. The topological polar surface area (TPSA) is 54.0 Å². The van der Waals surface area contributed by atoms with Crippen LogP contribution in [-0.4, -0.2) is 31.6 Å². The fourth-order valence-corrected chi connectivity index (χ4v) is 10.7. The third-order valence-corrected chi connectivity index (χ3v) is 13.4. The van der Waals surface area contributed by atoms with Crippen LogP contribution < -0.4 is 0 Å². The van der Waals surface area contributed by atoms with Gasteiger partial charge in [-0.05, 0) is 121 Å². The molecule has 5 nitrogen and oxygen atoms in total. The van der Waals surface area contributed by atoms with Crippen LogP contribution in [0.3, 0.4) is 0 Å². The number of rotatable bonds is 6. The molecule has 2 unspecified atom stereocenters. The Hall–Kier alpha value is -1.21. The number of hydrogen-bond donors (Lipinski definition) is 0. The average Bonchev–Trinajstić information content (AvgIpc) is 3.34. The monoisotopic (exact) mass is 628 g/mol. The number of carbonyl (C=O) groups is 1. The first-order valence-electron chi connectivity index (χ1n) is 16.1. The van der Waals surface area contributed by atoms with Gasteiger partial charge in [-0.15, -0.1) is 0 Å². The lowest BCUT2D eigenvalue weighted by atomic mass is 9.44. The van der Waals surface area contributed by atoms with Crippen LogP contribution in [0.5, 0.6) is 0 Å². The van der Waals surface area contributed by atoms with Crippen LogP contribution >= 0.6 is 15.9 Å². The molecule has 41 heavy (non-hydrogen) atoms. The summed E-state index contributed by atoms with van der Waals surface area (Å²) in [7, 11) is 1.50. The van der Waals surface area contributed by atoms with E-state index in [1.807, 2.05) is 12.1 Å². The van der Waals surface area contributed by atoms with E-state index < -0.39 is 5.79 Å². The molecule has 226 valence electrons. The number of benzene rings is 1. The highest BCUT2D eigenvalue weighted by atomic mass is 79.9. The van der Waals surface area contributed by atoms with Crippen LogP contribution in [0.15, 0.2) is 35.3 Å². The van der Waals surface area contributed by atoms with E-state index in [0.717, 1.165) is 65.0 Å². The van der Waals surface area contributed by atoms with E-state index in [9.17, 15) is 4.79 Å². The summed E-state index contributed by atoms with van der Waals surface area (Å²) >= 11 is 3.50. The molecule has 5 fully saturated rings. The molecule has 1 aromatic rings. The second-order valence-electron chi connectivity index (χ2n) is 14.6. The second-order valence-corrected chi connectivity index (χ2v) is 15.5. The van der Waals surface area contributed by atoms with Crippen LogP contribution in [0.25, 0.3) is 5.57 Å². The van der Waals surface area contributed by atoms with E-state index in [1.165, 1.54) is 45.6 Å². The molecule has 4 saturated carbocycles. The van der Waals surface area contributed by atoms with Crippen LogP contribution in [0.4, 0.5) is 0 Å². The smallest absolute Gasteiger partial charge is 0.305 e. The summed E-state index contributed by atoms with van der Waals surface area (Å²) in [4.78, 5) is 24.0. The quantitative estimate of drug-likeness (QED) is 0.233. The third kappa shape index (κ3) is 5.27. The van der Waals surface area contributed by atoms with Crippen LogP contribution in [0.1, 0.15) is 97.0 Å². The average molecular weight is 630 g/mol. The number of esters is 1. The molecular weight excluding hydrogens is 580 g/mol. The maximum Gasteiger partial charge on any atom is 0.305 e. The molecule has 0 amide bonds. The van der Waals surface area contributed by atoms with Gasteiger partial charge in [-0.25, -0.2) is 9.78 Å². The van der Waals surface area contributed by atoms with E-state index in [0.29, 0.717) is 35.7 Å². The standard InChI is InChI=1S/C35H49BrO5/c1-22(6-15-32(37)38-5)28-13-14-29-27-12-9-25-20-35(19-18-33(25,3)30(27)16-17-34(28,29)4)39-21-31(40-41-35)23(2)24-7-10-26(36)11-8-24/h7-8,10-11,22,25,27-31H,2,6,9,12-21H2,1,3-5H3/t22-,25-,27+,28-,29+,30+,31?,33+,34-,35?/m1/s1. The number of carbonyl (C=O) groups excluding carboxylic acids is 1. The number of methoxy groups -OCH3 is 1. The van der Waals surface area contributed by atoms with Gasteiger partial charge in [0, 0.05) is 23.7 Å². The molecule has 1 aliphatic heterocycles. The Morgan fingerprint density at radius 2 is 1.80 bits per heavy atom. The van der Waals surface area contributed by atoms with Gasteiger partial charge in [-0.3, -0.25) is 4.79 Å². The van der Waals surface area contributed by atoms with Crippen LogP contribution in [-0.2, 0) is 24.0 Å². The van der Waals surface area contributed by atoms with Crippen molar-refractivity contribution in [3.63, 3.8) is 0 Å². The number of hydrogen-bond acceptors (Lipinski definition) is 5. The van der Waals surface area contributed by atoms with Crippen molar-refractivity contribution in [3.05, 3.63) is 40.9 Å². The molecule has 0 aromatic heterocycles. The van der Waals surface area contributed by atoms with Crippen molar-refractivity contribution in [2.75, 3.05) is 13.7 Å². The molecule has 6 heteroatoms. The molecule has 1 heterocycles. The van der Waals surface area contributed by atoms with Gasteiger partial charge in [0.1, 0.15) is 6.10 Å². The van der Waals surface area contributed by atoms with Gasteiger partial charge in [-0.1, -0.05) is 55.4 Å². The predicted molar refractivity (Wildman–Crippen MR) is 163 cm³/mol. The maximum atomic E-state index is 11.8. The molecule has 5 aliphatic rings. The van der Waals surface area contributed by atoms with E-state index in [4.69, 9.17) is 19.2 Å². The molecule has 0 N–H and O–H groups in total. The normalized spacial score (nSPS) is 42.6. The fourth-order valence-electron chi connectivity index (χ4n) is 10.5. The van der Waals surface area contributed by atoms with Crippen molar-refractivity contribution in [1.82, 2.24) is 0 Å². The van der Waals surface area contributed by atoms with E-state index in [-0.39, 0.29) is 12.1 Å². The largest absolute Gasteiger partial charge is 0.469 e. The molecule has 0 radical (unpaired) electrons. The minimum atomic E-state index is -0.621. The number of ether oxygens (including phenoxy) is 2. The summed E-state index contributed by atoms with van der Waals surface area (Å²) in [5, 5.41) is 0. The first kappa shape index (κ1) is 29.8. The molecule has 4 aliphatic carbocycles. The minimum absolute atomic E-state index is 0.0667. The van der Waals surface area contributed by atoms with Crippen LogP contribution in [0, 0.1) is 46.3 Å². The van der Waals surface area contributed by atoms with Gasteiger partial charge in [0.15, 0.2) is 0 Å². The number of fused-ring (bicyclic) bond motifs is 5. The summed E-state index contributed by atoms with van der Waals surface area (Å²) in [6, 6.07) is 8.15. The number of halogens is 1. The highest BCUT2D eigenvalue weighted by Crippen LogP contribution is 2.69. The predicted octanol–water partition coefficient (Wildman–Crippen LogP) is 8.75. The van der Waals surface area contributed by atoms with Gasteiger partial charge in [0.25, 0.3) is 0 Å². The zero-order valence-corrected chi connectivity index (χ0v) is 27.0. The Labute approximate surface area is 255 Å². The molecular formula is C35H49BrO5. The van der Waals surface area contributed by atoms with E-state index in [1.54, 1.807) is 0 Å². The highest BCUT2D eigenvalue weighted by molar-refractivity contribution is 9.10. The van der Waals surface area contributed by atoms with Crippen molar-refractivity contribution in [2.45, 2.75) is 103 Å². The van der Waals surface area contributed by atoms with Crippen molar-refractivity contribution in [1.29, 1.82) is 0 Å². The lowest BCUT2D eigenvalue weighted by Crippen LogP contribution is -2.58.